The second kappa shape index (κ2) is 8.70. The van der Waals surface area contributed by atoms with Gasteiger partial charge in [-0.1, -0.05) is 77.8 Å². The van der Waals surface area contributed by atoms with E-state index in [2.05, 4.69) is 0 Å². The number of ketones is 1. The number of hydrogen-bond donors (Lipinski definition) is 0. The smallest absolute Gasteiger partial charge is 0.189 e. The first-order chi connectivity index (χ1) is 12.6. The van der Waals surface area contributed by atoms with Crippen LogP contribution in [0.5, 0.6) is 5.75 Å². The minimum atomic E-state index is -0.139. The molecule has 0 fully saturated rings. The second-order valence-electron chi connectivity index (χ2n) is 5.64. The van der Waals surface area contributed by atoms with E-state index in [1.807, 2.05) is 42.5 Å². The molecule has 0 saturated heterocycles. The Morgan fingerprint density at radius 1 is 0.885 bits per heavy atom. The second-order valence-corrected chi connectivity index (χ2v) is 6.46. The van der Waals surface area contributed by atoms with E-state index < -0.39 is 0 Å². The van der Waals surface area contributed by atoms with Gasteiger partial charge in [0.2, 0.25) is 0 Å². The lowest BCUT2D eigenvalue weighted by Crippen LogP contribution is -2.02. The van der Waals surface area contributed by atoms with Gasteiger partial charge in [-0.3, -0.25) is 4.79 Å². The number of hydrogen-bond acceptors (Lipinski definition) is 2. The maximum Gasteiger partial charge on any atom is 0.189 e. The van der Waals surface area contributed by atoms with Crippen molar-refractivity contribution in [2.24, 2.45) is 0 Å². The molecule has 0 spiro atoms. The lowest BCUT2D eigenvalue weighted by molar-refractivity contribution is 0.104. The maximum atomic E-state index is 12.6. The van der Waals surface area contributed by atoms with Crippen LogP contribution >= 0.6 is 23.2 Å². The predicted octanol–water partition coefficient (Wildman–Crippen LogP) is 6.47. The predicted molar refractivity (Wildman–Crippen MR) is 107 cm³/mol. The Hall–Kier alpha value is -2.55. The molecule has 26 heavy (non-hydrogen) atoms. The molecule has 0 atom stereocenters. The average Bonchev–Trinajstić information content (AvgIpc) is 2.68. The molecule has 0 amide bonds. The molecule has 0 aromatic heterocycles. The van der Waals surface area contributed by atoms with Gasteiger partial charge in [0.25, 0.3) is 0 Å². The first kappa shape index (κ1) is 18.2. The molecule has 0 aliphatic rings. The van der Waals surface area contributed by atoms with Gasteiger partial charge in [-0.05, 0) is 41.5 Å². The van der Waals surface area contributed by atoms with Gasteiger partial charge in [-0.15, -0.1) is 0 Å². The minimum Gasteiger partial charge on any atom is -0.488 e. The molecule has 0 radical (unpaired) electrons. The zero-order valence-electron chi connectivity index (χ0n) is 13.9. The SMILES string of the molecule is O=C(/C=C/c1ccc(Cl)c(Cl)c1)c1ccccc1OCc1ccccc1. The first-order valence-corrected chi connectivity index (χ1v) is 8.82. The molecule has 2 nitrogen and oxygen atoms in total. The summed E-state index contributed by atoms with van der Waals surface area (Å²) >= 11 is 11.9. The maximum absolute atomic E-state index is 12.6. The molecule has 0 aliphatic carbocycles. The third-order valence-corrected chi connectivity index (χ3v) is 4.50. The van der Waals surface area contributed by atoms with Crippen molar-refractivity contribution in [1.29, 1.82) is 0 Å². The average molecular weight is 383 g/mol. The third kappa shape index (κ3) is 4.75. The number of carbonyl (C=O) groups excluding carboxylic acids is 1. The fourth-order valence-electron chi connectivity index (χ4n) is 2.41. The van der Waals surface area contributed by atoms with Crippen LogP contribution < -0.4 is 4.74 Å². The molecule has 0 bridgehead atoms. The van der Waals surface area contributed by atoms with E-state index in [-0.39, 0.29) is 5.78 Å². The van der Waals surface area contributed by atoms with E-state index in [1.165, 1.54) is 6.08 Å². The summed E-state index contributed by atoms with van der Waals surface area (Å²) in [5, 5.41) is 0.933. The van der Waals surface area contributed by atoms with Crippen LogP contribution in [0.3, 0.4) is 0 Å². The zero-order valence-corrected chi connectivity index (χ0v) is 15.4. The van der Waals surface area contributed by atoms with Crippen LogP contribution in [0.25, 0.3) is 6.08 Å². The number of para-hydroxylation sites is 1. The number of rotatable bonds is 6. The lowest BCUT2D eigenvalue weighted by Gasteiger charge is -2.09. The quantitative estimate of drug-likeness (QED) is 0.360. The highest BCUT2D eigenvalue weighted by Crippen LogP contribution is 2.24. The van der Waals surface area contributed by atoms with Gasteiger partial charge in [0, 0.05) is 0 Å². The normalized spacial score (nSPS) is 10.8. The Labute approximate surface area is 162 Å². The van der Waals surface area contributed by atoms with Crippen molar-refractivity contribution in [3.05, 3.63) is 106 Å². The number of carbonyl (C=O) groups is 1. The van der Waals surface area contributed by atoms with Gasteiger partial charge < -0.3 is 4.74 Å². The molecule has 3 rings (SSSR count). The van der Waals surface area contributed by atoms with Crippen molar-refractivity contribution < 1.29 is 9.53 Å². The third-order valence-electron chi connectivity index (χ3n) is 3.76. The van der Waals surface area contributed by atoms with Gasteiger partial charge in [0.05, 0.1) is 15.6 Å². The Balaban J connectivity index is 1.74. The van der Waals surface area contributed by atoms with E-state index in [4.69, 9.17) is 27.9 Å². The van der Waals surface area contributed by atoms with Crippen LogP contribution in [-0.4, -0.2) is 5.78 Å². The molecule has 3 aromatic rings. The Kier molecular flexibility index (Phi) is 6.11. The summed E-state index contributed by atoms with van der Waals surface area (Å²) < 4.78 is 5.84. The fourth-order valence-corrected chi connectivity index (χ4v) is 2.72. The largest absolute Gasteiger partial charge is 0.488 e. The van der Waals surface area contributed by atoms with Gasteiger partial charge in [-0.2, -0.15) is 0 Å². The Morgan fingerprint density at radius 3 is 2.38 bits per heavy atom. The molecule has 0 unspecified atom stereocenters. The van der Waals surface area contributed by atoms with Gasteiger partial charge in [0.15, 0.2) is 5.78 Å². The van der Waals surface area contributed by atoms with Crippen LogP contribution in [0.4, 0.5) is 0 Å². The summed E-state index contributed by atoms with van der Waals surface area (Å²) in [5.41, 5.74) is 2.36. The number of ether oxygens (including phenoxy) is 1. The highest BCUT2D eigenvalue weighted by molar-refractivity contribution is 6.42. The first-order valence-electron chi connectivity index (χ1n) is 8.07. The van der Waals surface area contributed by atoms with E-state index >= 15 is 0 Å². The van der Waals surface area contributed by atoms with Crippen molar-refractivity contribution >= 4 is 35.1 Å². The molecule has 4 heteroatoms. The van der Waals surface area contributed by atoms with E-state index in [0.29, 0.717) is 28.0 Å². The van der Waals surface area contributed by atoms with Crippen molar-refractivity contribution in [2.45, 2.75) is 6.61 Å². The van der Waals surface area contributed by atoms with Crippen LogP contribution in [0.2, 0.25) is 10.0 Å². The van der Waals surface area contributed by atoms with E-state index in [1.54, 1.807) is 36.4 Å². The molecule has 130 valence electrons. The lowest BCUT2D eigenvalue weighted by atomic mass is 10.1. The summed E-state index contributed by atoms with van der Waals surface area (Å²) in [6.45, 7) is 0.404. The topological polar surface area (TPSA) is 26.3 Å². The van der Waals surface area contributed by atoms with Gasteiger partial charge in [0.1, 0.15) is 12.4 Å². The highest BCUT2D eigenvalue weighted by atomic mass is 35.5. The van der Waals surface area contributed by atoms with Crippen molar-refractivity contribution in [1.82, 2.24) is 0 Å². The molecule has 0 heterocycles. The van der Waals surface area contributed by atoms with Crippen molar-refractivity contribution in [2.75, 3.05) is 0 Å². The van der Waals surface area contributed by atoms with Crippen LogP contribution in [0.15, 0.2) is 78.9 Å². The molecular weight excluding hydrogens is 367 g/mol. The van der Waals surface area contributed by atoms with Gasteiger partial charge >= 0.3 is 0 Å². The van der Waals surface area contributed by atoms with E-state index in [0.717, 1.165) is 11.1 Å². The standard InChI is InChI=1S/C22H16Cl2O2/c23-19-12-10-16(14-20(19)24)11-13-21(25)18-8-4-5-9-22(18)26-15-17-6-2-1-3-7-17/h1-14H,15H2/b13-11+. The monoisotopic (exact) mass is 382 g/mol. The molecule has 0 saturated carbocycles. The number of allylic oxidation sites excluding steroid dienone is 1. The Morgan fingerprint density at radius 2 is 1.62 bits per heavy atom. The fraction of sp³-hybridized carbons (Fsp3) is 0.0455. The van der Waals surface area contributed by atoms with Crippen LogP contribution in [0, 0.1) is 0 Å². The number of benzene rings is 3. The molecular formula is C22H16Cl2O2. The Bertz CT molecular complexity index is 934. The summed E-state index contributed by atoms with van der Waals surface area (Å²) in [5.74, 6) is 0.417. The highest BCUT2D eigenvalue weighted by Gasteiger charge is 2.09. The van der Waals surface area contributed by atoms with Crippen LogP contribution in [0.1, 0.15) is 21.5 Å². The molecule has 3 aromatic carbocycles. The van der Waals surface area contributed by atoms with Crippen LogP contribution in [-0.2, 0) is 6.61 Å². The molecule has 0 aliphatic heterocycles. The van der Waals surface area contributed by atoms with Gasteiger partial charge in [-0.25, -0.2) is 0 Å². The summed E-state index contributed by atoms with van der Waals surface area (Å²) in [6, 6.07) is 22.2. The van der Waals surface area contributed by atoms with Crippen molar-refractivity contribution in [3.63, 3.8) is 0 Å². The minimum absolute atomic E-state index is 0.139. The van der Waals surface area contributed by atoms with Crippen molar-refractivity contribution in [3.8, 4) is 5.75 Å². The summed E-state index contributed by atoms with van der Waals surface area (Å²) in [6.07, 6.45) is 3.21. The molecule has 0 N–H and O–H groups in total. The van der Waals surface area contributed by atoms with E-state index in [9.17, 15) is 4.79 Å². The summed E-state index contributed by atoms with van der Waals surface area (Å²) in [7, 11) is 0. The zero-order chi connectivity index (χ0) is 18.4. The number of halogens is 2. The summed E-state index contributed by atoms with van der Waals surface area (Å²) in [4.78, 5) is 12.6.